The Hall–Kier alpha value is -5.38. The Bertz CT molecular complexity index is 2120. The first kappa shape index (κ1) is 48.0. The first-order chi connectivity index (χ1) is 27.0. The van der Waals surface area contributed by atoms with Gasteiger partial charge in [-0.2, -0.15) is 0 Å². The second-order valence-electron chi connectivity index (χ2n) is 17.9. The number of carbonyl (C=O) groups excluding carboxylic acids is 5. The monoisotopic (exact) mass is 839 g/mol. The minimum absolute atomic E-state index is 0.0476. The van der Waals surface area contributed by atoms with Gasteiger partial charge in [-0.3, -0.25) is 14.3 Å². The molecule has 15 nitrogen and oxygen atoms in total. The van der Waals surface area contributed by atoms with Crippen LogP contribution < -0.4 is 25.2 Å². The summed E-state index contributed by atoms with van der Waals surface area (Å²) < 4.78 is 46.5. The standard InChI is InChI=1S/C43H61N5O10S/c1-26(2)34(44-39(52)57-41(5,6)7)36(49)48(38(51)43(11,12)25-56-37(50)35(27(3)4)45-40(53)58-42(8,9)10)29-23-21-28(22-24-29)46-59(54,55)33-20-16-17-30-31(33)18-15-19-32(30)47(13)14/h15-24,26-27,34-35,46H,25H2,1-14H3,(H,44,52)(H,45,53)/t34-,35-/m0/s1. The fourth-order valence-corrected chi connectivity index (χ4v) is 7.13. The molecule has 2 atom stereocenters. The van der Waals surface area contributed by atoms with Gasteiger partial charge < -0.3 is 29.7 Å². The average Bonchev–Trinajstić information content (AvgIpc) is 3.10. The highest BCUT2D eigenvalue weighted by Gasteiger charge is 2.42. The average molecular weight is 840 g/mol. The van der Waals surface area contributed by atoms with Crippen molar-refractivity contribution in [2.24, 2.45) is 17.3 Å². The van der Waals surface area contributed by atoms with E-state index in [0.29, 0.717) is 5.39 Å². The van der Waals surface area contributed by atoms with Crippen LogP contribution in [0.1, 0.15) is 83.1 Å². The van der Waals surface area contributed by atoms with Crippen molar-refractivity contribution >= 4 is 67.8 Å². The van der Waals surface area contributed by atoms with E-state index in [1.54, 1.807) is 87.4 Å². The van der Waals surface area contributed by atoms with E-state index >= 15 is 0 Å². The number of amides is 4. The summed E-state index contributed by atoms with van der Waals surface area (Å²) in [5.41, 5.74) is -2.22. The van der Waals surface area contributed by atoms with E-state index in [-0.39, 0.29) is 16.3 Å². The van der Waals surface area contributed by atoms with Crippen molar-refractivity contribution in [3.05, 3.63) is 60.7 Å². The van der Waals surface area contributed by atoms with Crippen LogP contribution in [0.2, 0.25) is 0 Å². The zero-order valence-corrected chi connectivity index (χ0v) is 37.5. The Balaban J connectivity index is 2.01. The quantitative estimate of drug-likeness (QED) is 0.110. The second-order valence-corrected chi connectivity index (χ2v) is 19.5. The number of ether oxygens (including phenoxy) is 3. The van der Waals surface area contributed by atoms with Crippen LogP contribution in [-0.2, 0) is 38.6 Å². The highest BCUT2D eigenvalue weighted by molar-refractivity contribution is 7.93. The van der Waals surface area contributed by atoms with Crippen LogP contribution in [0.25, 0.3) is 10.8 Å². The third-order valence-corrected chi connectivity index (χ3v) is 10.2. The molecule has 0 radical (unpaired) electrons. The lowest BCUT2D eigenvalue weighted by molar-refractivity contribution is -0.152. The van der Waals surface area contributed by atoms with Crippen molar-refractivity contribution in [2.45, 2.75) is 111 Å². The zero-order valence-electron chi connectivity index (χ0n) is 36.7. The molecule has 4 amide bonds. The second kappa shape index (κ2) is 18.7. The molecule has 0 spiro atoms. The molecule has 3 aromatic rings. The largest absolute Gasteiger partial charge is 0.463 e. The van der Waals surface area contributed by atoms with Gasteiger partial charge in [0.15, 0.2) is 0 Å². The molecular weight excluding hydrogens is 779 g/mol. The van der Waals surface area contributed by atoms with Crippen LogP contribution in [0.3, 0.4) is 0 Å². The number of sulfonamides is 1. The Kier molecular flexibility index (Phi) is 15.2. The van der Waals surface area contributed by atoms with Gasteiger partial charge in [0.25, 0.3) is 15.9 Å². The van der Waals surface area contributed by atoms with Crippen molar-refractivity contribution in [3.63, 3.8) is 0 Å². The van der Waals surface area contributed by atoms with Crippen molar-refractivity contribution < 1.29 is 46.6 Å². The normalized spacial score (nSPS) is 13.3. The number of anilines is 3. The van der Waals surface area contributed by atoms with E-state index in [1.165, 1.54) is 44.2 Å². The first-order valence-electron chi connectivity index (χ1n) is 19.4. The number of fused-ring (bicyclic) bond motifs is 1. The first-order valence-corrected chi connectivity index (χ1v) is 20.9. The van der Waals surface area contributed by atoms with Crippen molar-refractivity contribution in [1.82, 2.24) is 10.6 Å². The Morgan fingerprint density at radius 3 is 1.66 bits per heavy atom. The predicted molar refractivity (Wildman–Crippen MR) is 229 cm³/mol. The molecule has 0 fully saturated rings. The van der Waals surface area contributed by atoms with Gasteiger partial charge in [-0.05, 0) is 104 Å². The van der Waals surface area contributed by atoms with Crippen molar-refractivity contribution in [2.75, 3.05) is 35.2 Å². The number of nitrogens with one attached hydrogen (secondary N) is 3. The zero-order chi connectivity index (χ0) is 44.8. The van der Waals surface area contributed by atoms with Crippen LogP contribution in [0.5, 0.6) is 0 Å². The van der Waals surface area contributed by atoms with E-state index in [1.807, 2.05) is 31.1 Å². The van der Waals surface area contributed by atoms with Crippen LogP contribution in [0.15, 0.2) is 65.6 Å². The maximum Gasteiger partial charge on any atom is 0.408 e. The van der Waals surface area contributed by atoms with Crippen LogP contribution in [0, 0.1) is 17.3 Å². The molecule has 0 aromatic heterocycles. The Morgan fingerprint density at radius 2 is 1.17 bits per heavy atom. The molecule has 0 bridgehead atoms. The lowest BCUT2D eigenvalue weighted by atomic mass is 9.91. The van der Waals surface area contributed by atoms with Crippen LogP contribution in [0.4, 0.5) is 26.7 Å². The molecule has 0 heterocycles. The summed E-state index contributed by atoms with van der Waals surface area (Å²) in [6.45, 7) is 19.3. The van der Waals surface area contributed by atoms with Gasteiger partial charge in [0.2, 0.25) is 5.91 Å². The lowest BCUT2D eigenvalue weighted by Crippen LogP contribution is -2.57. The van der Waals surface area contributed by atoms with Gasteiger partial charge in [0.05, 0.1) is 16.0 Å². The highest BCUT2D eigenvalue weighted by atomic mass is 32.2. The fraction of sp³-hybridized carbons (Fsp3) is 0.512. The predicted octanol–water partition coefficient (Wildman–Crippen LogP) is 7.23. The number of alkyl carbamates (subject to hydrolysis) is 2. The summed E-state index contributed by atoms with van der Waals surface area (Å²) in [4.78, 5) is 70.7. The van der Waals surface area contributed by atoms with Crippen LogP contribution in [-0.4, -0.2) is 82.4 Å². The number of esters is 1. The number of rotatable bonds is 14. The molecule has 16 heteroatoms. The van der Waals surface area contributed by atoms with Gasteiger partial charge >= 0.3 is 18.2 Å². The Labute approximate surface area is 348 Å². The highest BCUT2D eigenvalue weighted by Crippen LogP contribution is 2.32. The summed E-state index contributed by atoms with van der Waals surface area (Å²) in [5.74, 6) is -3.38. The van der Waals surface area contributed by atoms with E-state index in [9.17, 15) is 32.4 Å². The summed E-state index contributed by atoms with van der Waals surface area (Å²) in [5, 5.41) is 6.38. The molecule has 0 saturated heterocycles. The maximum absolute atomic E-state index is 14.6. The van der Waals surface area contributed by atoms with Gasteiger partial charge in [-0.25, -0.2) is 27.7 Å². The van der Waals surface area contributed by atoms with Gasteiger partial charge in [-0.1, -0.05) is 52.0 Å². The minimum Gasteiger partial charge on any atom is -0.463 e. The smallest absolute Gasteiger partial charge is 0.408 e. The third kappa shape index (κ3) is 13.1. The molecule has 0 aliphatic rings. The van der Waals surface area contributed by atoms with Gasteiger partial charge in [0, 0.05) is 36.2 Å². The summed E-state index contributed by atoms with van der Waals surface area (Å²) in [7, 11) is -0.392. The number of hydrogen-bond donors (Lipinski definition) is 3. The van der Waals surface area contributed by atoms with E-state index < -0.39 is 87.1 Å². The topological polar surface area (TPSA) is 190 Å². The molecule has 3 N–H and O–H groups in total. The molecule has 59 heavy (non-hydrogen) atoms. The molecular formula is C43H61N5O10S. The number of benzene rings is 3. The summed E-state index contributed by atoms with van der Waals surface area (Å²) in [6.07, 6.45) is -1.70. The van der Waals surface area contributed by atoms with Gasteiger partial charge in [-0.15, -0.1) is 0 Å². The summed E-state index contributed by atoms with van der Waals surface area (Å²) in [6, 6.07) is 13.7. The van der Waals surface area contributed by atoms with E-state index in [2.05, 4.69) is 15.4 Å². The molecule has 324 valence electrons. The number of hydrogen-bond acceptors (Lipinski definition) is 11. The van der Waals surface area contributed by atoms with E-state index in [4.69, 9.17) is 14.2 Å². The van der Waals surface area contributed by atoms with E-state index in [0.717, 1.165) is 16.0 Å². The number of carbonyl (C=O) groups is 5. The lowest BCUT2D eigenvalue weighted by Gasteiger charge is -2.34. The summed E-state index contributed by atoms with van der Waals surface area (Å²) >= 11 is 0. The van der Waals surface area contributed by atoms with Gasteiger partial charge in [0.1, 0.15) is 29.9 Å². The molecule has 0 aliphatic heterocycles. The molecule has 3 rings (SSSR count). The molecule has 0 aliphatic carbocycles. The van der Waals surface area contributed by atoms with Crippen molar-refractivity contribution in [1.29, 1.82) is 0 Å². The number of nitrogens with zero attached hydrogens (tertiary/aromatic N) is 2. The third-order valence-electron chi connectivity index (χ3n) is 8.78. The molecule has 3 aromatic carbocycles. The fourth-order valence-electron chi connectivity index (χ4n) is 5.85. The molecule has 0 unspecified atom stereocenters. The maximum atomic E-state index is 14.6. The van der Waals surface area contributed by atoms with Crippen molar-refractivity contribution in [3.8, 4) is 0 Å². The minimum atomic E-state index is -4.13. The Morgan fingerprint density at radius 1 is 0.678 bits per heavy atom. The van der Waals surface area contributed by atoms with Crippen LogP contribution >= 0.6 is 0 Å². The molecule has 0 saturated carbocycles. The SMILES string of the molecule is CC(C)[C@H](NC(=O)OC(C)(C)C)C(=O)OCC(C)(C)C(=O)N(C(=O)[C@@H](NC(=O)OC(C)(C)C)C(C)C)c1ccc(NS(=O)(=O)c2cccc3c(N(C)C)cccc23)cc1. The number of imide groups is 1.